The van der Waals surface area contributed by atoms with Crippen molar-refractivity contribution in [2.24, 2.45) is 34.5 Å². The van der Waals surface area contributed by atoms with Crippen LogP contribution in [0.25, 0.3) is 0 Å². The number of carbonyl (C=O) groups is 1. The van der Waals surface area contributed by atoms with E-state index in [9.17, 15) is 4.79 Å². The lowest BCUT2D eigenvalue weighted by atomic mass is 9.45. The van der Waals surface area contributed by atoms with Gasteiger partial charge in [-0.25, -0.2) is 0 Å². The smallest absolute Gasteiger partial charge is 0.302 e. The summed E-state index contributed by atoms with van der Waals surface area (Å²) in [5.74, 6) is 3.33. The summed E-state index contributed by atoms with van der Waals surface area (Å²) < 4.78 is 5.57. The fraction of sp³-hybridized carbons (Fsp3) is 0.864. The number of fused-ring (bicyclic) bond motifs is 5. The summed E-state index contributed by atoms with van der Waals surface area (Å²) in [7, 11) is 0. The van der Waals surface area contributed by atoms with Crippen LogP contribution in [0.3, 0.4) is 0 Å². The first kappa shape index (κ1) is 16.7. The Hall–Kier alpha value is -0.790. The summed E-state index contributed by atoms with van der Waals surface area (Å²) >= 11 is 0. The molecule has 0 heterocycles. The summed E-state index contributed by atoms with van der Waals surface area (Å²) in [5.41, 5.74) is 2.45. The van der Waals surface area contributed by atoms with Crippen LogP contribution in [-0.2, 0) is 9.53 Å². The average Bonchev–Trinajstić information content (AvgIpc) is 2.83. The van der Waals surface area contributed by atoms with Gasteiger partial charge in [-0.15, -0.1) is 0 Å². The summed E-state index contributed by atoms with van der Waals surface area (Å²) in [6.07, 6.45) is 11.7. The summed E-state index contributed by atoms with van der Waals surface area (Å²) in [6, 6.07) is 0. The van der Waals surface area contributed by atoms with Crippen molar-refractivity contribution < 1.29 is 9.53 Å². The molecule has 0 aromatic heterocycles. The molecule has 2 heteroatoms. The van der Waals surface area contributed by atoms with E-state index in [2.05, 4.69) is 20.4 Å². The van der Waals surface area contributed by atoms with E-state index in [-0.39, 0.29) is 12.1 Å². The van der Waals surface area contributed by atoms with E-state index >= 15 is 0 Å². The van der Waals surface area contributed by atoms with E-state index in [0.717, 1.165) is 36.5 Å². The molecule has 0 aliphatic heterocycles. The normalized spacial score (nSPS) is 50.6. The number of carbonyl (C=O) groups excluding carboxylic acids is 1. The maximum Gasteiger partial charge on any atom is 0.302 e. The summed E-state index contributed by atoms with van der Waals surface area (Å²) in [5, 5.41) is 0. The average molecular weight is 331 g/mol. The molecule has 0 radical (unpaired) electrons. The standard InChI is InChI=1S/C22H34O2/c1-14-5-8-19-18-7-6-16-13-17(24-15(2)23)9-11-22(16,4)20(18)10-12-21(14,19)3/h16-20H,1,5-13H2,2-4H3/t16-,17-,18?,19?,20?,21-,22+/m1/s1. The van der Waals surface area contributed by atoms with Gasteiger partial charge in [0.05, 0.1) is 0 Å². The second-order valence-corrected chi connectivity index (χ2v) is 9.76. The molecule has 4 aliphatic carbocycles. The lowest BCUT2D eigenvalue weighted by molar-refractivity contribution is -0.158. The van der Waals surface area contributed by atoms with Crippen LogP contribution >= 0.6 is 0 Å². The van der Waals surface area contributed by atoms with Crippen LogP contribution in [0, 0.1) is 34.5 Å². The molecule has 4 saturated carbocycles. The number of hydrogen-bond donors (Lipinski definition) is 0. The van der Waals surface area contributed by atoms with Crippen molar-refractivity contribution in [1.29, 1.82) is 0 Å². The predicted molar refractivity (Wildman–Crippen MR) is 96.4 cm³/mol. The zero-order valence-electron chi connectivity index (χ0n) is 15.8. The molecule has 134 valence electrons. The molecule has 4 aliphatic rings. The highest BCUT2D eigenvalue weighted by Crippen LogP contribution is 2.67. The molecule has 3 unspecified atom stereocenters. The number of esters is 1. The van der Waals surface area contributed by atoms with Gasteiger partial charge in [0.1, 0.15) is 6.10 Å². The maximum atomic E-state index is 11.3. The van der Waals surface area contributed by atoms with Crippen molar-refractivity contribution in [3.05, 3.63) is 12.2 Å². The van der Waals surface area contributed by atoms with Gasteiger partial charge in [0.25, 0.3) is 0 Å². The quantitative estimate of drug-likeness (QED) is 0.467. The highest BCUT2D eigenvalue weighted by atomic mass is 16.5. The molecular weight excluding hydrogens is 296 g/mol. The van der Waals surface area contributed by atoms with Gasteiger partial charge in [-0.05, 0) is 92.3 Å². The van der Waals surface area contributed by atoms with Gasteiger partial charge < -0.3 is 4.74 Å². The molecule has 4 fully saturated rings. The van der Waals surface area contributed by atoms with Crippen LogP contribution in [0.1, 0.15) is 78.6 Å². The van der Waals surface area contributed by atoms with Gasteiger partial charge in [0, 0.05) is 6.92 Å². The van der Waals surface area contributed by atoms with Crippen molar-refractivity contribution in [2.45, 2.75) is 84.7 Å². The minimum absolute atomic E-state index is 0.102. The third-order valence-corrected chi connectivity index (χ3v) is 8.90. The van der Waals surface area contributed by atoms with E-state index in [4.69, 9.17) is 4.74 Å². The number of allylic oxidation sites excluding steroid dienone is 1. The molecule has 0 N–H and O–H groups in total. The molecule has 0 amide bonds. The van der Waals surface area contributed by atoms with Crippen LogP contribution in [0.4, 0.5) is 0 Å². The Morgan fingerprint density at radius 3 is 2.62 bits per heavy atom. The molecule has 24 heavy (non-hydrogen) atoms. The van der Waals surface area contributed by atoms with Crippen LogP contribution < -0.4 is 0 Å². The van der Waals surface area contributed by atoms with Gasteiger partial charge in [-0.1, -0.05) is 26.0 Å². The fourth-order valence-electron chi connectivity index (χ4n) is 7.47. The summed E-state index contributed by atoms with van der Waals surface area (Å²) in [4.78, 5) is 11.3. The Kier molecular flexibility index (Phi) is 3.89. The van der Waals surface area contributed by atoms with E-state index in [1.54, 1.807) is 6.92 Å². The predicted octanol–water partition coefficient (Wildman–Crippen LogP) is 5.52. The highest BCUT2D eigenvalue weighted by molar-refractivity contribution is 5.66. The molecule has 7 atom stereocenters. The van der Waals surface area contributed by atoms with Crippen molar-refractivity contribution in [3.63, 3.8) is 0 Å². The minimum Gasteiger partial charge on any atom is -0.463 e. The van der Waals surface area contributed by atoms with Gasteiger partial charge in [-0.3, -0.25) is 4.79 Å². The number of ether oxygens (including phenoxy) is 1. The topological polar surface area (TPSA) is 26.3 Å². The number of rotatable bonds is 1. The first-order chi connectivity index (χ1) is 11.3. The molecule has 0 bridgehead atoms. The van der Waals surface area contributed by atoms with Gasteiger partial charge >= 0.3 is 5.97 Å². The lowest BCUT2D eigenvalue weighted by Crippen LogP contribution is -2.53. The van der Waals surface area contributed by atoms with Crippen molar-refractivity contribution in [2.75, 3.05) is 0 Å². The van der Waals surface area contributed by atoms with Crippen LogP contribution in [0.15, 0.2) is 12.2 Å². The van der Waals surface area contributed by atoms with Crippen molar-refractivity contribution >= 4 is 5.97 Å². The Labute approximate surface area is 147 Å². The SMILES string of the molecule is C=C1CCC2C3CC[C@@H]4C[C@H](OC(C)=O)CC[C@]4(C)C3CC[C@]12C. The highest BCUT2D eigenvalue weighted by Gasteiger charge is 2.58. The van der Waals surface area contributed by atoms with E-state index < -0.39 is 0 Å². The van der Waals surface area contributed by atoms with Crippen molar-refractivity contribution in [1.82, 2.24) is 0 Å². The maximum absolute atomic E-state index is 11.3. The first-order valence-electron chi connectivity index (χ1n) is 10.2. The van der Waals surface area contributed by atoms with Crippen LogP contribution in [-0.4, -0.2) is 12.1 Å². The molecule has 0 aromatic carbocycles. The third kappa shape index (κ3) is 2.31. The second-order valence-electron chi connectivity index (χ2n) is 9.76. The summed E-state index contributed by atoms with van der Waals surface area (Å²) in [6.45, 7) is 11.1. The van der Waals surface area contributed by atoms with Crippen LogP contribution in [0.5, 0.6) is 0 Å². The molecule has 0 saturated heterocycles. The molecular formula is C22H34O2. The Morgan fingerprint density at radius 2 is 1.88 bits per heavy atom. The Morgan fingerprint density at radius 1 is 1.08 bits per heavy atom. The monoisotopic (exact) mass is 330 g/mol. The van der Waals surface area contributed by atoms with Crippen LogP contribution in [0.2, 0.25) is 0 Å². The fourth-order valence-corrected chi connectivity index (χ4v) is 7.47. The van der Waals surface area contributed by atoms with Gasteiger partial charge in [-0.2, -0.15) is 0 Å². The van der Waals surface area contributed by atoms with E-state index in [1.165, 1.54) is 50.5 Å². The molecule has 0 aromatic rings. The van der Waals surface area contributed by atoms with Gasteiger partial charge in [0.2, 0.25) is 0 Å². The van der Waals surface area contributed by atoms with Crippen molar-refractivity contribution in [3.8, 4) is 0 Å². The Bertz CT molecular complexity index is 552. The first-order valence-corrected chi connectivity index (χ1v) is 10.2. The minimum atomic E-state index is -0.102. The zero-order chi connectivity index (χ0) is 17.1. The number of hydrogen-bond acceptors (Lipinski definition) is 2. The van der Waals surface area contributed by atoms with E-state index in [1.807, 2.05) is 0 Å². The largest absolute Gasteiger partial charge is 0.463 e. The third-order valence-electron chi connectivity index (χ3n) is 8.90. The van der Waals surface area contributed by atoms with E-state index in [0.29, 0.717) is 10.8 Å². The lowest BCUT2D eigenvalue weighted by Gasteiger charge is -2.60. The van der Waals surface area contributed by atoms with Gasteiger partial charge in [0.15, 0.2) is 0 Å². The molecule has 4 rings (SSSR count). The second kappa shape index (κ2) is 5.61. The molecule has 2 nitrogen and oxygen atoms in total. The molecule has 0 spiro atoms. The Balaban J connectivity index is 1.54. The zero-order valence-corrected chi connectivity index (χ0v) is 15.8.